The molecule has 2 atom stereocenters. The predicted molar refractivity (Wildman–Crippen MR) is 81.0 cm³/mol. The van der Waals surface area contributed by atoms with Gasteiger partial charge in [-0.25, -0.2) is 0 Å². The Morgan fingerprint density at radius 3 is 2.91 bits per heavy atom. The van der Waals surface area contributed by atoms with Gasteiger partial charge >= 0.3 is 0 Å². The Kier molecular flexibility index (Phi) is 3.90. The Bertz CT molecular complexity index is 661. The molecular formula is C16H22N4O3. The van der Waals surface area contributed by atoms with Gasteiger partial charge < -0.3 is 13.8 Å². The molecule has 124 valence electrons. The molecule has 7 nitrogen and oxygen atoms in total. The molecule has 2 aliphatic heterocycles. The maximum atomic E-state index is 5.97. The molecule has 7 heteroatoms. The molecule has 0 bridgehead atoms. The maximum Gasteiger partial charge on any atom is 0.231 e. The van der Waals surface area contributed by atoms with Crippen molar-refractivity contribution in [2.24, 2.45) is 0 Å². The van der Waals surface area contributed by atoms with Crippen LogP contribution in [-0.4, -0.2) is 45.9 Å². The van der Waals surface area contributed by atoms with E-state index in [-0.39, 0.29) is 6.10 Å². The second-order valence-electron chi connectivity index (χ2n) is 6.49. The van der Waals surface area contributed by atoms with Crippen molar-refractivity contribution in [2.75, 3.05) is 19.7 Å². The van der Waals surface area contributed by atoms with Crippen molar-refractivity contribution < 1.29 is 13.8 Å². The molecule has 23 heavy (non-hydrogen) atoms. The number of fused-ring (bicyclic) bond motifs is 1. The van der Waals surface area contributed by atoms with Crippen LogP contribution in [0.4, 0.5) is 0 Å². The monoisotopic (exact) mass is 318 g/mol. The van der Waals surface area contributed by atoms with Gasteiger partial charge in [-0.15, -0.1) is 0 Å². The normalized spacial score (nSPS) is 25.5. The van der Waals surface area contributed by atoms with E-state index < -0.39 is 0 Å². The van der Waals surface area contributed by atoms with Crippen molar-refractivity contribution >= 4 is 0 Å². The van der Waals surface area contributed by atoms with Crippen LogP contribution in [0.25, 0.3) is 0 Å². The fourth-order valence-electron chi connectivity index (χ4n) is 3.51. The summed E-state index contributed by atoms with van der Waals surface area (Å²) in [5.74, 6) is 2.03. The Labute approximate surface area is 135 Å². The van der Waals surface area contributed by atoms with Gasteiger partial charge in [-0.2, -0.15) is 4.98 Å². The standard InChI is InChI=1S/C16H22N4O3/c1-10-13(11(2)22-18-10)7-15-17-16(19-23-15)14-8-20-6-4-3-5-12(20)9-21-14/h12,14H,3-9H2,1-2H3/t12?,14-/m1/s1. The quantitative estimate of drug-likeness (QED) is 0.858. The SMILES string of the molecule is Cc1noc(C)c1Cc1nc([C@H]2CN3CCCCC3CO2)no1. The van der Waals surface area contributed by atoms with Crippen LogP contribution in [0.3, 0.4) is 0 Å². The molecule has 0 aliphatic carbocycles. The zero-order valence-electron chi connectivity index (χ0n) is 13.6. The molecular weight excluding hydrogens is 296 g/mol. The van der Waals surface area contributed by atoms with Gasteiger partial charge in [-0.1, -0.05) is 16.7 Å². The Morgan fingerprint density at radius 2 is 2.09 bits per heavy atom. The van der Waals surface area contributed by atoms with Gasteiger partial charge in [-0.3, -0.25) is 4.90 Å². The minimum absolute atomic E-state index is 0.0912. The highest BCUT2D eigenvalue weighted by Gasteiger charge is 2.33. The van der Waals surface area contributed by atoms with Crippen LogP contribution in [0.15, 0.2) is 9.05 Å². The lowest BCUT2D eigenvalue weighted by atomic mass is 10.0. The third kappa shape index (κ3) is 2.90. The molecule has 2 aliphatic rings. The zero-order chi connectivity index (χ0) is 15.8. The van der Waals surface area contributed by atoms with Gasteiger partial charge in [0.05, 0.1) is 18.7 Å². The van der Waals surface area contributed by atoms with Crippen molar-refractivity contribution in [3.05, 3.63) is 28.7 Å². The first-order chi connectivity index (χ1) is 11.2. The van der Waals surface area contributed by atoms with Gasteiger partial charge in [0.1, 0.15) is 11.9 Å². The molecule has 2 aromatic heterocycles. The van der Waals surface area contributed by atoms with E-state index in [2.05, 4.69) is 20.2 Å². The van der Waals surface area contributed by atoms with E-state index in [1.54, 1.807) is 0 Å². The van der Waals surface area contributed by atoms with E-state index in [9.17, 15) is 0 Å². The first kappa shape index (κ1) is 14.8. The van der Waals surface area contributed by atoms with Gasteiger partial charge in [-0.05, 0) is 33.2 Å². The van der Waals surface area contributed by atoms with E-state index in [1.165, 1.54) is 19.3 Å². The van der Waals surface area contributed by atoms with Crippen LogP contribution in [0.5, 0.6) is 0 Å². The second kappa shape index (κ2) is 6.05. The largest absolute Gasteiger partial charge is 0.367 e. The highest BCUT2D eigenvalue weighted by Crippen LogP contribution is 2.28. The zero-order valence-corrected chi connectivity index (χ0v) is 13.6. The summed E-state index contributed by atoms with van der Waals surface area (Å²) in [6, 6.07) is 0.564. The third-order valence-corrected chi connectivity index (χ3v) is 4.92. The molecule has 2 aromatic rings. The number of aryl methyl sites for hydroxylation is 2. The van der Waals surface area contributed by atoms with Gasteiger partial charge in [0, 0.05) is 18.2 Å². The summed E-state index contributed by atoms with van der Waals surface area (Å²) in [7, 11) is 0. The van der Waals surface area contributed by atoms with Crippen LogP contribution < -0.4 is 0 Å². The Morgan fingerprint density at radius 1 is 1.17 bits per heavy atom. The molecule has 4 rings (SSSR count). The molecule has 2 saturated heterocycles. The highest BCUT2D eigenvalue weighted by atomic mass is 16.5. The number of ether oxygens (including phenoxy) is 1. The topological polar surface area (TPSA) is 77.4 Å². The Hall–Kier alpha value is -1.73. The van der Waals surface area contributed by atoms with Gasteiger partial charge in [0.2, 0.25) is 11.7 Å². The van der Waals surface area contributed by atoms with Crippen molar-refractivity contribution in [3.8, 4) is 0 Å². The van der Waals surface area contributed by atoms with Crippen molar-refractivity contribution in [1.29, 1.82) is 0 Å². The van der Waals surface area contributed by atoms with Crippen molar-refractivity contribution in [2.45, 2.75) is 51.7 Å². The molecule has 0 aromatic carbocycles. The van der Waals surface area contributed by atoms with E-state index in [0.717, 1.165) is 36.7 Å². The van der Waals surface area contributed by atoms with Gasteiger partial charge in [0.25, 0.3) is 0 Å². The minimum Gasteiger partial charge on any atom is -0.367 e. The molecule has 1 unspecified atom stereocenters. The van der Waals surface area contributed by atoms with Gasteiger partial charge in [0.15, 0.2) is 0 Å². The van der Waals surface area contributed by atoms with Crippen LogP contribution in [0, 0.1) is 13.8 Å². The lowest BCUT2D eigenvalue weighted by molar-refractivity contribution is -0.0805. The lowest BCUT2D eigenvalue weighted by Crippen LogP contribution is -2.49. The van der Waals surface area contributed by atoms with Crippen molar-refractivity contribution in [3.63, 3.8) is 0 Å². The number of hydrogen-bond donors (Lipinski definition) is 0. The minimum atomic E-state index is -0.0912. The Balaban J connectivity index is 1.45. The summed E-state index contributed by atoms with van der Waals surface area (Å²) < 4.78 is 16.6. The molecule has 0 N–H and O–H groups in total. The summed E-state index contributed by atoms with van der Waals surface area (Å²) in [5, 5.41) is 8.09. The van der Waals surface area contributed by atoms with E-state index in [0.29, 0.717) is 24.2 Å². The fourth-order valence-corrected chi connectivity index (χ4v) is 3.51. The summed E-state index contributed by atoms with van der Waals surface area (Å²) >= 11 is 0. The highest BCUT2D eigenvalue weighted by molar-refractivity contribution is 5.23. The number of morpholine rings is 1. The van der Waals surface area contributed by atoms with E-state index >= 15 is 0 Å². The smallest absolute Gasteiger partial charge is 0.231 e. The van der Waals surface area contributed by atoms with Crippen LogP contribution >= 0.6 is 0 Å². The summed E-state index contributed by atoms with van der Waals surface area (Å²) in [6.45, 7) is 6.58. The predicted octanol–water partition coefficient (Wildman–Crippen LogP) is 2.19. The first-order valence-electron chi connectivity index (χ1n) is 8.30. The molecule has 4 heterocycles. The number of piperidine rings is 1. The summed E-state index contributed by atoms with van der Waals surface area (Å²) in [6.07, 6.45) is 4.27. The van der Waals surface area contributed by atoms with E-state index in [4.69, 9.17) is 13.8 Å². The average molecular weight is 318 g/mol. The second-order valence-corrected chi connectivity index (χ2v) is 6.49. The van der Waals surface area contributed by atoms with E-state index in [1.807, 2.05) is 13.8 Å². The molecule has 0 radical (unpaired) electrons. The summed E-state index contributed by atoms with van der Waals surface area (Å²) in [4.78, 5) is 7.03. The molecule has 2 fully saturated rings. The number of aromatic nitrogens is 3. The molecule has 0 spiro atoms. The number of hydrogen-bond acceptors (Lipinski definition) is 7. The number of rotatable bonds is 3. The summed E-state index contributed by atoms with van der Waals surface area (Å²) in [5.41, 5.74) is 1.88. The first-order valence-corrected chi connectivity index (χ1v) is 8.30. The molecule has 0 amide bonds. The van der Waals surface area contributed by atoms with Crippen molar-refractivity contribution in [1.82, 2.24) is 20.2 Å². The fraction of sp³-hybridized carbons (Fsp3) is 0.688. The lowest BCUT2D eigenvalue weighted by Gasteiger charge is -2.41. The van der Waals surface area contributed by atoms with Crippen LogP contribution in [0.2, 0.25) is 0 Å². The molecule has 0 saturated carbocycles. The van der Waals surface area contributed by atoms with Crippen LogP contribution in [-0.2, 0) is 11.2 Å². The maximum absolute atomic E-state index is 5.97. The third-order valence-electron chi connectivity index (χ3n) is 4.92. The average Bonchev–Trinajstić information content (AvgIpc) is 3.17. The van der Waals surface area contributed by atoms with Crippen LogP contribution in [0.1, 0.15) is 54.1 Å². The number of nitrogens with zero attached hydrogens (tertiary/aromatic N) is 4.